The quantitative estimate of drug-likeness (QED) is 0.174. The third-order valence-electron chi connectivity index (χ3n) is 9.52. The molecule has 5 aromatic rings. The number of aromatic nitrogens is 6. The van der Waals surface area contributed by atoms with Crippen molar-refractivity contribution in [3.8, 4) is 5.75 Å². The number of thioether (sulfide) groups is 1. The predicted molar refractivity (Wildman–Crippen MR) is 212 cm³/mol. The summed E-state index contributed by atoms with van der Waals surface area (Å²) in [5.41, 5.74) is 3.22. The Morgan fingerprint density at radius 3 is 2.69 bits per heavy atom. The SMILES string of the molecule is [2H]C([2H])([2H])Sc1ccc(NC(=O)Cn2c(CC)c(N3CCN(C(=O)c4ncnc(C)c4OCc4ccccc4)CC3)c(=O)n3nc(C4=CCCCOC4)nc23)c(Cl)c1. The van der Waals surface area contributed by atoms with Crippen LogP contribution in [-0.4, -0.2) is 91.4 Å². The number of nitrogens with one attached hydrogen (secondary N) is 1. The molecule has 0 unspecified atom stereocenters. The van der Waals surface area contributed by atoms with Crippen LogP contribution in [0, 0.1) is 6.92 Å². The number of allylic oxidation sites excluding steroid dienone is 1. The van der Waals surface area contributed by atoms with Gasteiger partial charge in [-0.25, -0.2) is 9.97 Å². The van der Waals surface area contributed by atoms with Gasteiger partial charge in [-0.2, -0.15) is 9.50 Å². The number of hydrogen-bond donors (Lipinski definition) is 1. The Morgan fingerprint density at radius 1 is 1.11 bits per heavy atom. The second-order valence-electron chi connectivity index (χ2n) is 13.1. The molecule has 1 fully saturated rings. The van der Waals surface area contributed by atoms with Gasteiger partial charge < -0.3 is 29.2 Å². The minimum absolute atomic E-state index is 0.165. The fourth-order valence-corrected chi connectivity index (χ4v) is 7.32. The van der Waals surface area contributed by atoms with E-state index in [1.807, 2.05) is 48.2 Å². The maximum Gasteiger partial charge on any atom is 0.299 e. The Balaban J connectivity index is 1.17. The highest BCUT2D eigenvalue weighted by atomic mass is 35.5. The average Bonchev–Trinajstić information content (AvgIpc) is 3.47. The molecule has 1 N–H and O–H groups in total. The summed E-state index contributed by atoms with van der Waals surface area (Å²) in [6, 6.07) is 14.2. The molecule has 3 aromatic heterocycles. The number of nitrogens with zero attached hydrogens (tertiary/aromatic N) is 8. The Bertz CT molecular complexity index is 2420. The number of ether oxygens (including phenoxy) is 2. The molecule has 0 saturated carbocycles. The minimum atomic E-state index is -2.26. The van der Waals surface area contributed by atoms with Crippen LogP contribution in [0.4, 0.5) is 11.4 Å². The normalized spacial score (nSPS) is 15.8. The molecule has 0 aliphatic carbocycles. The molecule has 2 amide bonds. The highest BCUT2D eigenvalue weighted by Crippen LogP contribution is 2.29. The van der Waals surface area contributed by atoms with Crippen molar-refractivity contribution in [1.29, 1.82) is 0 Å². The van der Waals surface area contributed by atoms with Crippen molar-refractivity contribution in [2.75, 3.05) is 55.8 Å². The van der Waals surface area contributed by atoms with Crippen molar-refractivity contribution in [3.63, 3.8) is 0 Å². The molecule has 286 valence electrons. The zero-order valence-electron chi connectivity index (χ0n) is 33.5. The molecule has 7 rings (SSSR count). The zero-order chi connectivity index (χ0) is 41.0. The first-order valence-corrected chi connectivity index (χ1v) is 19.2. The van der Waals surface area contributed by atoms with Crippen LogP contribution in [0.5, 0.6) is 5.75 Å². The number of fused-ring (bicyclic) bond motifs is 1. The number of benzene rings is 2. The number of anilines is 2. The molecule has 2 aliphatic rings. The standard InChI is InChI=1S/C39H42ClN9O5S/c1-4-31-34(46-15-17-47(18-16-46)37(51)33-35(25(2)41-24-42-33)54-22-26-10-6-5-7-11-26)38(52)49-39(44-36(45-49)27-12-8-9-19-53-23-27)48(31)21-32(50)43-30-14-13-28(55-3)20-29(30)40/h5-7,10-14,20,24H,4,8-9,15-19,21-23H2,1-3H3,(H,43,50)/i3D3. The van der Waals surface area contributed by atoms with Crippen LogP contribution in [0.2, 0.25) is 5.02 Å². The van der Waals surface area contributed by atoms with E-state index in [2.05, 4.69) is 20.4 Å². The van der Waals surface area contributed by atoms with Crippen molar-refractivity contribution in [1.82, 2.24) is 34.0 Å². The highest BCUT2D eigenvalue weighted by Gasteiger charge is 2.31. The lowest BCUT2D eigenvalue weighted by molar-refractivity contribution is -0.116. The molecule has 16 heteroatoms. The summed E-state index contributed by atoms with van der Waals surface area (Å²) < 4.78 is 37.4. The molecule has 1 saturated heterocycles. The van der Waals surface area contributed by atoms with E-state index in [-0.39, 0.29) is 55.2 Å². The molecule has 0 bridgehead atoms. The smallest absolute Gasteiger partial charge is 0.299 e. The van der Waals surface area contributed by atoms with Gasteiger partial charge in [0.1, 0.15) is 25.2 Å². The summed E-state index contributed by atoms with van der Waals surface area (Å²) in [6.45, 7) is 5.73. The van der Waals surface area contributed by atoms with Crippen molar-refractivity contribution >= 4 is 57.9 Å². The van der Waals surface area contributed by atoms with Gasteiger partial charge in [0.05, 0.1) is 28.7 Å². The van der Waals surface area contributed by atoms with E-state index in [0.29, 0.717) is 77.1 Å². The van der Waals surface area contributed by atoms with E-state index in [1.165, 1.54) is 16.9 Å². The first-order valence-electron chi connectivity index (χ1n) is 19.5. The van der Waals surface area contributed by atoms with Gasteiger partial charge >= 0.3 is 0 Å². The number of amides is 2. The molecule has 55 heavy (non-hydrogen) atoms. The van der Waals surface area contributed by atoms with Crippen LogP contribution in [0.1, 0.15) is 57.1 Å². The van der Waals surface area contributed by atoms with Crippen molar-refractivity contribution in [2.24, 2.45) is 0 Å². The molecule has 2 aromatic carbocycles. The number of rotatable bonds is 11. The maximum absolute atomic E-state index is 14.5. The van der Waals surface area contributed by atoms with Crippen LogP contribution in [0.3, 0.4) is 0 Å². The lowest BCUT2D eigenvalue weighted by Gasteiger charge is -2.36. The van der Waals surface area contributed by atoms with E-state index in [9.17, 15) is 14.4 Å². The minimum Gasteiger partial charge on any atom is -0.485 e. The number of carbonyl (C=O) groups excluding carboxylic acids is 2. The van der Waals surface area contributed by atoms with Gasteiger partial charge in [0.25, 0.3) is 11.5 Å². The Hall–Kier alpha value is -5.25. The summed E-state index contributed by atoms with van der Waals surface area (Å²) in [7, 11) is 0. The topological polar surface area (TPSA) is 149 Å². The third kappa shape index (κ3) is 8.23. The molecule has 0 spiro atoms. The van der Waals surface area contributed by atoms with E-state index in [1.54, 1.807) is 28.5 Å². The van der Waals surface area contributed by atoms with Crippen molar-refractivity contribution in [2.45, 2.75) is 51.2 Å². The lowest BCUT2D eigenvalue weighted by Crippen LogP contribution is -2.51. The van der Waals surface area contributed by atoms with E-state index >= 15 is 0 Å². The molecular formula is C39H42ClN9O5S. The molecule has 2 aliphatic heterocycles. The van der Waals surface area contributed by atoms with Gasteiger partial charge in [0.2, 0.25) is 11.7 Å². The van der Waals surface area contributed by atoms with Crippen molar-refractivity contribution < 1.29 is 23.2 Å². The molecule has 0 atom stereocenters. The molecule has 14 nitrogen and oxygen atoms in total. The second-order valence-corrected chi connectivity index (χ2v) is 14.2. The summed E-state index contributed by atoms with van der Waals surface area (Å²) in [4.78, 5) is 59.6. The monoisotopic (exact) mass is 786 g/mol. The number of piperazine rings is 1. The van der Waals surface area contributed by atoms with Gasteiger partial charge in [0.15, 0.2) is 17.3 Å². The Labute approximate surface area is 331 Å². The summed E-state index contributed by atoms with van der Waals surface area (Å²) in [5.74, 6) is 0.0799. The maximum atomic E-state index is 14.5. The van der Waals surface area contributed by atoms with Gasteiger partial charge in [0, 0.05) is 47.4 Å². The largest absolute Gasteiger partial charge is 0.485 e. The Kier molecular flexibility index (Phi) is 10.6. The predicted octanol–water partition coefficient (Wildman–Crippen LogP) is 5.30. The number of hydrogen-bond acceptors (Lipinski definition) is 11. The van der Waals surface area contributed by atoms with Gasteiger partial charge in [-0.15, -0.1) is 16.9 Å². The fourth-order valence-electron chi connectivity index (χ4n) is 6.72. The fraction of sp³-hybridized carbons (Fsp3) is 0.359. The van der Waals surface area contributed by atoms with Crippen molar-refractivity contribution in [3.05, 3.63) is 105 Å². The zero-order valence-corrected chi connectivity index (χ0v) is 32.0. The van der Waals surface area contributed by atoms with Gasteiger partial charge in [-0.05, 0) is 56.1 Å². The summed E-state index contributed by atoms with van der Waals surface area (Å²) >= 11 is 7.17. The van der Waals surface area contributed by atoms with Crippen LogP contribution >= 0.6 is 23.4 Å². The van der Waals surface area contributed by atoms with Crippen LogP contribution < -0.4 is 20.5 Å². The average molecular weight is 787 g/mol. The third-order valence-corrected chi connectivity index (χ3v) is 10.3. The van der Waals surface area contributed by atoms with Crippen LogP contribution in [0.25, 0.3) is 11.4 Å². The van der Waals surface area contributed by atoms with E-state index < -0.39 is 17.7 Å². The highest BCUT2D eigenvalue weighted by molar-refractivity contribution is 7.98. The number of aryl methyl sites for hydroxylation is 1. The van der Waals surface area contributed by atoms with Crippen LogP contribution in [-0.2, 0) is 29.1 Å². The summed E-state index contributed by atoms with van der Waals surface area (Å²) in [6.07, 6.45) is 3.08. The Morgan fingerprint density at radius 2 is 1.93 bits per heavy atom. The number of carbonyl (C=O) groups is 2. The first kappa shape index (κ1) is 34.3. The molecule has 0 radical (unpaired) electrons. The van der Waals surface area contributed by atoms with Gasteiger partial charge in [-0.3, -0.25) is 14.4 Å². The second kappa shape index (κ2) is 17.0. The first-order chi connectivity index (χ1) is 27.9. The van der Waals surface area contributed by atoms with Crippen LogP contribution in [0.15, 0.2) is 70.6 Å². The number of halogens is 1. The van der Waals surface area contributed by atoms with E-state index in [0.717, 1.165) is 24.0 Å². The summed E-state index contributed by atoms with van der Waals surface area (Å²) in [5, 5.41) is 7.66. The molecule has 5 heterocycles. The lowest BCUT2D eigenvalue weighted by atomic mass is 10.2. The van der Waals surface area contributed by atoms with Gasteiger partial charge in [-0.1, -0.05) is 54.9 Å². The van der Waals surface area contributed by atoms with E-state index in [4.69, 9.17) is 30.2 Å². The molecular weight excluding hydrogens is 742 g/mol.